The zero-order valence-corrected chi connectivity index (χ0v) is 17.3. The minimum atomic E-state index is -0.191. The summed E-state index contributed by atoms with van der Waals surface area (Å²) in [5.41, 5.74) is 2.79. The lowest BCUT2D eigenvalue weighted by Gasteiger charge is -2.13. The van der Waals surface area contributed by atoms with Crippen LogP contribution in [0.4, 0.5) is 0 Å². The fourth-order valence-corrected chi connectivity index (χ4v) is 2.88. The van der Waals surface area contributed by atoms with Crippen molar-refractivity contribution in [3.8, 4) is 5.75 Å². The maximum Gasteiger partial charge on any atom is 0.252 e. The van der Waals surface area contributed by atoms with E-state index in [2.05, 4.69) is 39.1 Å². The van der Waals surface area contributed by atoms with E-state index in [0.717, 1.165) is 24.3 Å². The van der Waals surface area contributed by atoms with Crippen LogP contribution in [0.2, 0.25) is 5.02 Å². The maximum atomic E-state index is 12.1. The fraction of sp³-hybridized carbons (Fsp3) is 0.333. The molecule has 0 saturated carbocycles. The number of aryl methyl sites for hydroxylation is 1. The van der Waals surface area contributed by atoms with Gasteiger partial charge in [0.1, 0.15) is 5.75 Å². The molecule has 0 fully saturated rings. The molecule has 0 saturated heterocycles. The lowest BCUT2D eigenvalue weighted by molar-refractivity contribution is 0.0954. The molecule has 2 aromatic carbocycles. The third-order valence-electron chi connectivity index (χ3n) is 4.22. The average molecular weight is 403 g/mol. The molecule has 1 amide bonds. The smallest absolute Gasteiger partial charge is 0.252 e. The highest BCUT2D eigenvalue weighted by Crippen LogP contribution is 2.19. The summed E-state index contributed by atoms with van der Waals surface area (Å²) < 4.78 is 5.36. The van der Waals surface area contributed by atoms with Crippen molar-refractivity contribution in [1.29, 1.82) is 0 Å². The highest BCUT2D eigenvalue weighted by Gasteiger charge is 2.08. The van der Waals surface area contributed by atoms with E-state index in [0.29, 0.717) is 29.6 Å². The number of carbonyl (C=O) groups is 1. The highest BCUT2D eigenvalue weighted by atomic mass is 35.5. The van der Waals surface area contributed by atoms with Gasteiger partial charge in [0, 0.05) is 26.7 Å². The number of amides is 1. The number of benzene rings is 2. The van der Waals surface area contributed by atoms with Crippen molar-refractivity contribution >= 4 is 23.5 Å². The quantitative estimate of drug-likeness (QED) is 0.360. The normalized spacial score (nSPS) is 11.1. The minimum Gasteiger partial charge on any atom is -0.496 e. The van der Waals surface area contributed by atoms with Crippen LogP contribution in [0.5, 0.6) is 5.75 Å². The Morgan fingerprint density at radius 2 is 1.79 bits per heavy atom. The summed E-state index contributed by atoms with van der Waals surface area (Å²) >= 11 is 6.03. The topological polar surface area (TPSA) is 74.8 Å². The van der Waals surface area contributed by atoms with Crippen LogP contribution in [0, 0.1) is 6.92 Å². The van der Waals surface area contributed by atoms with Gasteiger partial charge in [0.05, 0.1) is 17.7 Å². The Kier molecular flexibility index (Phi) is 8.62. The number of hydrogen-bond acceptors (Lipinski definition) is 3. The van der Waals surface area contributed by atoms with Gasteiger partial charge in [-0.25, -0.2) is 0 Å². The number of rotatable bonds is 8. The van der Waals surface area contributed by atoms with Crippen molar-refractivity contribution in [3.63, 3.8) is 0 Å². The van der Waals surface area contributed by atoms with Gasteiger partial charge in [-0.2, -0.15) is 0 Å². The number of nitrogens with zero attached hydrogens (tertiary/aromatic N) is 1. The van der Waals surface area contributed by atoms with Gasteiger partial charge >= 0.3 is 0 Å². The zero-order chi connectivity index (χ0) is 20.4. The Morgan fingerprint density at radius 1 is 1.07 bits per heavy atom. The molecular formula is C21H27ClN4O2. The molecule has 0 aliphatic rings. The van der Waals surface area contributed by atoms with Crippen LogP contribution in [0.1, 0.15) is 21.5 Å². The average Bonchev–Trinajstić information content (AvgIpc) is 2.71. The molecule has 28 heavy (non-hydrogen) atoms. The zero-order valence-electron chi connectivity index (χ0n) is 16.5. The van der Waals surface area contributed by atoms with Crippen molar-refractivity contribution in [2.24, 2.45) is 4.99 Å². The number of nitrogens with one attached hydrogen (secondary N) is 3. The van der Waals surface area contributed by atoms with Crippen LogP contribution in [0.15, 0.2) is 47.5 Å². The monoisotopic (exact) mass is 402 g/mol. The number of guanidine groups is 1. The number of carbonyl (C=O) groups excluding carboxylic acids is 1. The molecule has 3 N–H and O–H groups in total. The second-order valence-corrected chi connectivity index (χ2v) is 6.62. The SMILES string of the molecule is CN=C(NCCNC(=O)c1ccccc1Cl)NCCc1ccc(C)c(OC)c1. The van der Waals surface area contributed by atoms with Gasteiger partial charge in [0.25, 0.3) is 5.91 Å². The van der Waals surface area contributed by atoms with Gasteiger partial charge < -0.3 is 20.7 Å². The molecule has 0 aliphatic heterocycles. The van der Waals surface area contributed by atoms with Crippen molar-refractivity contribution < 1.29 is 9.53 Å². The molecule has 7 heteroatoms. The van der Waals surface area contributed by atoms with E-state index in [4.69, 9.17) is 16.3 Å². The molecule has 150 valence electrons. The molecule has 0 unspecified atom stereocenters. The molecule has 0 aliphatic carbocycles. The van der Waals surface area contributed by atoms with Gasteiger partial charge in [-0.1, -0.05) is 35.9 Å². The molecule has 2 rings (SSSR count). The first kappa shape index (κ1) is 21.6. The van der Waals surface area contributed by atoms with Crippen molar-refractivity contribution in [2.75, 3.05) is 33.8 Å². The van der Waals surface area contributed by atoms with Gasteiger partial charge in [0.2, 0.25) is 0 Å². The lowest BCUT2D eigenvalue weighted by Crippen LogP contribution is -2.42. The molecular weight excluding hydrogens is 376 g/mol. The van der Waals surface area contributed by atoms with Gasteiger partial charge in [-0.15, -0.1) is 0 Å². The maximum absolute atomic E-state index is 12.1. The number of halogens is 1. The number of hydrogen-bond donors (Lipinski definition) is 3. The molecule has 6 nitrogen and oxygen atoms in total. The van der Waals surface area contributed by atoms with Gasteiger partial charge in [-0.05, 0) is 42.7 Å². The minimum absolute atomic E-state index is 0.191. The van der Waals surface area contributed by atoms with Crippen molar-refractivity contribution in [1.82, 2.24) is 16.0 Å². The van der Waals surface area contributed by atoms with E-state index in [1.54, 1.807) is 38.4 Å². The molecule has 0 aromatic heterocycles. The van der Waals surface area contributed by atoms with E-state index in [-0.39, 0.29) is 5.91 Å². The fourth-order valence-electron chi connectivity index (χ4n) is 2.66. The Morgan fingerprint density at radius 3 is 2.50 bits per heavy atom. The Balaban J connectivity index is 1.70. The second-order valence-electron chi connectivity index (χ2n) is 6.22. The molecule has 0 radical (unpaired) electrons. The Hall–Kier alpha value is -2.73. The highest BCUT2D eigenvalue weighted by molar-refractivity contribution is 6.33. The summed E-state index contributed by atoms with van der Waals surface area (Å²) in [6.07, 6.45) is 0.848. The second kappa shape index (κ2) is 11.2. The summed E-state index contributed by atoms with van der Waals surface area (Å²) in [7, 11) is 3.40. The predicted molar refractivity (Wildman–Crippen MR) is 115 cm³/mol. The summed E-state index contributed by atoms with van der Waals surface area (Å²) in [5.74, 6) is 1.39. The summed E-state index contributed by atoms with van der Waals surface area (Å²) in [6.45, 7) is 3.77. The standard InChI is InChI=1S/C21H27ClN4O2/c1-15-8-9-16(14-19(15)28-3)10-11-25-21(23-2)26-13-12-24-20(27)17-6-4-5-7-18(17)22/h4-9,14H,10-13H2,1-3H3,(H,24,27)(H2,23,25,26). The third kappa shape index (κ3) is 6.46. The van der Waals surface area contributed by atoms with Crippen LogP contribution in [-0.2, 0) is 6.42 Å². The van der Waals surface area contributed by atoms with E-state index < -0.39 is 0 Å². The van der Waals surface area contributed by atoms with E-state index in [9.17, 15) is 4.79 Å². The first-order chi connectivity index (χ1) is 13.5. The summed E-state index contributed by atoms with van der Waals surface area (Å²) in [5, 5.41) is 9.72. The first-order valence-corrected chi connectivity index (χ1v) is 9.53. The summed E-state index contributed by atoms with van der Waals surface area (Å²) in [4.78, 5) is 16.3. The summed E-state index contributed by atoms with van der Waals surface area (Å²) in [6, 6.07) is 13.2. The van der Waals surface area contributed by atoms with Crippen LogP contribution in [-0.4, -0.2) is 45.7 Å². The molecule has 0 bridgehead atoms. The number of aliphatic imine (C=N–C) groups is 1. The van der Waals surface area contributed by atoms with Crippen LogP contribution in [0.3, 0.4) is 0 Å². The van der Waals surface area contributed by atoms with Gasteiger partial charge in [0.15, 0.2) is 5.96 Å². The molecule has 0 atom stereocenters. The predicted octanol–water partition coefficient (Wildman–Crippen LogP) is 2.79. The first-order valence-electron chi connectivity index (χ1n) is 9.16. The van der Waals surface area contributed by atoms with Crippen LogP contribution in [0.25, 0.3) is 0 Å². The number of methoxy groups -OCH3 is 1. The third-order valence-corrected chi connectivity index (χ3v) is 4.55. The van der Waals surface area contributed by atoms with Crippen molar-refractivity contribution in [2.45, 2.75) is 13.3 Å². The Labute approximate surface area is 171 Å². The van der Waals surface area contributed by atoms with Crippen LogP contribution >= 0.6 is 11.6 Å². The number of ether oxygens (including phenoxy) is 1. The van der Waals surface area contributed by atoms with E-state index in [1.807, 2.05) is 6.92 Å². The molecule has 0 spiro atoms. The Bertz CT molecular complexity index is 824. The van der Waals surface area contributed by atoms with E-state index in [1.165, 1.54) is 5.56 Å². The van der Waals surface area contributed by atoms with Gasteiger partial charge in [-0.3, -0.25) is 9.79 Å². The molecule has 2 aromatic rings. The largest absolute Gasteiger partial charge is 0.496 e. The molecule has 0 heterocycles. The van der Waals surface area contributed by atoms with E-state index >= 15 is 0 Å². The van der Waals surface area contributed by atoms with Crippen LogP contribution < -0.4 is 20.7 Å². The van der Waals surface area contributed by atoms with Crippen molar-refractivity contribution in [3.05, 3.63) is 64.2 Å². The lowest BCUT2D eigenvalue weighted by atomic mass is 10.1.